The Bertz CT molecular complexity index is 900. The van der Waals surface area contributed by atoms with E-state index in [2.05, 4.69) is 29.2 Å². The minimum atomic E-state index is -0.814. The molecule has 1 aromatic heterocycles. The smallest absolute Gasteiger partial charge is 0.413 e. The van der Waals surface area contributed by atoms with Gasteiger partial charge in [0.1, 0.15) is 5.00 Å². The van der Waals surface area contributed by atoms with Crippen LogP contribution in [0.5, 0.6) is 0 Å². The maximum absolute atomic E-state index is 12.6. The molecule has 2 N–H and O–H groups in total. The first-order valence-corrected chi connectivity index (χ1v) is 10.1. The summed E-state index contributed by atoms with van der Waals surface area (Å²) in [6, 6.07) is 7.97. The quantitative estimate of drug-likeness (QED) is 0.793. The van der Waals surface area contributed by atoms with Crippen LogP contribution < -0.4 is 10.6 Å². The van der Waals surface area contributed by atoms with E-state index in [-0.39, 0.29) is 12.3 Å². The monoisotopic (exact) mass is 400 g/mol. The van der Waals surface area contributed by atoms with Crippen molar-refractivity contribution in [2.75, 3.05) is 12.4 Å². The van der Waals surface area contributed by atoms with E-state index < -0.39 is 12.0 Å². The maximum Gasteiger partial charge on any atom is 0.413 e. The highest BCUT2D eigenvalue weighted by molar-refractivity contribution is 7.17. The molecule has 0 radical (unpaired) electrons. The predicted octanol–water partition coefficient (Wildman–Crippen LogP) is 4.04. The molecule has 2 aromatic rings. The minimum Gasteiger partial charge on any atom is -0.453 e. The highest BCUT2D eigenvalue weighted by atomic mass is 32.1. The van der Waals surface area contributed by atoms with Gasteiger partial charge < -0.3 is 10.1 Å². The number of imide groups is 1. The number of alkyl carbamates (subject to hydrolysis) is 1. The van der Waals surface area contributed by atoms with Gasteiger partial charge in [0.05, 0.1) is 19.1 Å². The molecule has 1 aliphatic rings. The summed E-state index contributed by atoms with van der Waals surface area (Å²) in [5, 5.41) is 5.56. The van der Waals surface area contributed by atoms with Gasteiger partial charge in [0.15, 0.2) is 0 Å². The number of amides is 3. The largest absolute Gasteiger partial charge is 0.453 e. The van der Waals surface area contributed by atoms with E-state index in [1.807, 2.05) is 24.3 Å². The van der Waals surface area contributed by atoms with Crippen LogP contribution in [0.3, 0.4) is 0 Å². The van der Waals surface area contributed by atoms with E-state index in [9.17, 15) is 14.4 Å². The molecule has 6 nitrogen and oxygen atoms in total. The number of hydrogen-bond donors (Lipinski definition) is 2. The Morgan fingerprint density at radius 3 is 2.50 bits per heavy atom. The summed E-state index contributed by atoms with van der Waals surface area (Å²) in [5.41, 5.74) is 3.43. The average molecular weight is 401 g/mol. The van der Waals surface area contributed by atoms with E-state index in [0.29, 0.717) is 16.5 Å². The normalized spacial score (nSPS) is 12.6. The molecule has 0 fully saturated rings. The molecule has 0 aliphatic heterocycles. The van der Waals surface area contributed by atoms with Gasteiger partial charge in [-0.05, 0) is 41.9 Å². The van der Waals surface area contributed by atoms with Crippen LogP contribution in [0.1, 0.15) is 58.1 Å². The fourth-order valence-electron chi connectivity index (χ4n) is 3.32. The zero-order valence-electron chi connectivity index (χ0n) is 16.3. The van der Waals surface area contributed by atoms with E-state index in [0.717, 1.165) is 35.3 Å². The van der Waals surface area contributed by atoms with Crippen LogP contribution in [-0.2, 0) is 28.8 Å². The number of aryl methyl sites for hydroxylation is 1. The Hall–Kier alpha value is -2.67. The van der Waals surface area contributed by atoms with Crippen molar-refractivity contribution >= 4 is 34.2 Å². The molecule has 0 bridgehead atoms. The lowest BCUT2D eigenvalue weighted by molar-refractivity contribution is -0.115. The molecule has 148 valence electrons. The number of hydrogen-bond acceptors (Lipinski definition) is 5. The van der Waals surface area contributed by atoms with E-state index >= 15 is 0 Å². The number of methoxy groups -OCH3 is 1. The summed E-state index contributed by atoms with van der Waals surface area (Å²) < 4.78 is 4.51. The van der Waals surface area contributed by atoms with Gasteiger partial charge in [0.25, 0.3) is 5.91 Å². The molecular weight excluding hydrogens is 376 g/mol. The Balaban J connectivity index is 1.75. The summed E-state index contributed by atoms with van der Waals surface area (Å²) in [6.07, 6.45) is 2.02. The Morgan fingerprint density at radius 2 is 1.86 bits per heavy atom. The Labute approximate surface area is 168 Å². The van der Waals surface area contributed by atoms with Crippen LogP contribution in [0.2, 0.25) is 0 Å². The van der Waals surface area contributed by atoms with Gasteiger partial charge in [-0.2, -0.15) is 0 Å². The van der Waals surface area contributed by atoms with Crippen molar-refractivity contribution in [1.29, 1.82) is 0 Å². The predicted molar refractivity (Wildman–Crippen MR) is 109 cm³/mol. The summed E-state index contributed by atoms with van der Waals surface area (Å²) in [4.78, 5) is 37.6. The highest BCUT2D eigenvalue weighted by Crippen LogP contribution is 2.39. The minimum absolute atomic E-state index is 0.190. The second kappa shape index (κ2) is 8.56. The number of fused-ring (bicyclic) bond motifs is 1. The third-order valence-electron chi connectivity index (χ3n) is 4.81. The third-order valence-corrected chi connectivity index (χ3v) is 6.02. The maximum atomic E-state index is 12.6. The van der Waals surface area contributed by atoms with Gasteiger partial charge in [-0.25, -0.2) is 4.79 Å². The Morgan fingerprint density at radius 1 is 1.14 bits per heavy atom. The Kier molecular flexibility index (Phi) is 6.14. The molecule has 1 heterocycles. The molecule has 0 spiro atoms. The molecular formula is C21H24N2O4S. The van der Waals surface area contributed by atoms with Crippen molar-refractivity contribution in [3.8, 4) is 0 Å². The lowest BCUT2D eigenvalue weighted by atomic mass is 10.0. The molecule has 0 saturated carbocycles. The number of ether oxygens (including phenoxy) is 1. The van der Waals surface area contributed by atoms with Gasteiger partial charge >= 0.3 is 6.09 Å². The first kappa shape index (κ1) is 20.1. The number of thiophene rings is 1. The molecule has 28 heavy (non-hydrogen) atoms. The van der Waals surface area contributed by atoms with Crippen molar-refractivity contribution in [1.82, 2.24) is 5.32 Å². The van der Waals surface area contributed by atoms with Crippen molar-refractivity contribution in [3.05, 3.63) is 51.4 Å². The second-order valence-corrected chi connectivity index (χ2v) is 8.23. The first-order chi connectivity index (χ1) is 13.4. The number of carbonyl (C=O) groups is 3. The van der Waals surface area contributed by atoms with Crippen LogP contribution in [0.15, 0.2) is 24.3 Å². The standard InChI is InChI=1S/C21H24N2O4S/c1-12(2)14-9-7-13(8-10-14)11-17(24)22-20-18(19(25)23-21(26)27-3)15-5-4-6-16(15)28-20/h7-10,12H,4-6,11H2,1-3H3,(H,22,24)(H,23,25,26). The molecule has 0 atom stereocenters. The molecule has 1 aromatic carbocycles. The van der Waals surface area contributed by atoms with Crippen molar-refractivity contribution < 1.29 is 19.1 Å². The topological polar surface area (TPSA) is 84.5 Å². The first-order valence-electron chi connectivity index (χ1n) is 9.31. The molecule has 7 heteroatoms. The fourth-order valence-corrected chi connectivity index (χ4v) is 4.62. The van der Waals surface area contributed by atoms with Gasteiger partial charge in [-0.3, -0.25) is 14.9 Å². The fraction of sp³-hybridized carbons (Fsp3) is 0.381. The van der Waals surface area contributed by atoms with Crippen LogP contribution in [0.25, 0.3) is 0 Å². The SMILES string of the molecule is COC(=O)NC(=O)c1c(NC(=O)Cc2ccc(C(C)C)cc2)sc2c1CCC2. The lowest BCUT2D eigenvalue weighted by Gasteiger charge is -2.09. The lowest BCUT2D eigenvalue weighted by Crippen LogP contribution is -2.31. The number of carbonyl (C=O) groups excluding carboxylic acids is 3. The van der Waals surface area contributed by atoms with Crippen LogP contribution in [0.4, 0.5) is 9.80 Å². The van der Waals surface area contributed by atoms with Crippen LogP contribution in [0, 0.1) is 0 Å². The average Bonchev–Trinajstić information content (AvgIpc) is 3.22. The summed E-state index contributed by atoms with van der Waals surface area (Å²) in [7, 11) is 1.20. The molecule has 0 unspecified atom stereocenters. The number of benzene rings is 1. The van der Waals surface area contributed by atoms with Gasteiger partial charge in [0, 0.05) is 4.88 Å². The number of anilines is 1. The van der Waals surface area contributed by atoms with E-state index in [1.165, 1.54) is 24.0 Å². The van der Waals surface area contributed by atoms with Crippen LogP contribution >= 0.6 is 11.3 Å². The molecule has 3 rings (SSSR count). The molecule has 3 amide bonds. The number of rotatable bonds is 5. The van der Waals surface area contributed by atoms with E-state index in [1.54, 1.807) is 0 Å². The summed E-state index contributed by atoms with van der Waals surface area (Å²) in [5.74, 6) is -0.292. The van der Waals surface area contributed by atoms with Gasteiger partial charge in [-0.1, -0.05) is 38.1 Å². The highest BCUT2D eigenvalue weighted by Gasteiger charge is 2.28. The van der Waals surface area contributed by atoms with Crippen molar-refractivity contribution in [2.45, 2.75) is 45.4 Å². The summed E-state index contributed by atoms with van der Waals surface area (Å²) in [6.45, 7) is 4.25. The van der Waals surface area contributed by atoms with Crippen LogP contribution in [-0.4, -0.2) is 25.0 Å². The van der Waals surface area contributed by atoms with E-state index in [4.69, 9.17) is 0 Å². The zero-order valence-corrected chi connectivity index (χ0v) is 17.1. The van der Waals surface area contributed by atoms with Crippen molar-refractivity contribution in [3.63, 3.8) is 0 Å². The molecule has 0 saturated heterocycles. The number of nitrogens with one attached hydrogen (secondary N) is 2. The second-order valence-electron chi connectivity index (χ2n) is 7.13. The third kappa shape index (κ3) is 4.42. The summed E-state index contributed by atoms with van der Waals surface area (Å²) >= 11 is 1.41. The van der Waals surface area contributed by atoms with Gasteiger partial charge in [0.2, 0.25) is 5.91 Å². The molecule has 1 aliphatic carbocycles. The van der Waals surface area contributed by atoms with Crippen molar-refractivity contribution in [2.24, 2.45) is 0 Å². The van der Waals surface area contributed by atoms with Gasteiger partial charge in [-0.15, -0.1) is 11.3 Å². The zero-order chi connectivity index (χ0) is 20.3.